The molecule has 1 aliphatic rings. The molecule has 0 aliphatic heterocycles. The van der Waals surface area contributed by atoms with Crippen molar-refractivity contribution in [2.45, 2.75) is 33.1 Å². The second-order valence-electron chi connectivity index (χ2n) is 7.63. The van der Waals surface area contributed by atoms with E-state index < -0.39 is 0 Å². The van der Waals surface area contributed by atoms with E-state index in [0.29, 0.717) is 47.7 Å². The number of anilines is 1. The van der Waals surface area contributed by atoms with Gasteiger partial charge in [0.05, 0.1) is 12.3 Å². The Morgan fingerprint density at radius 2 is 1.79 bits per heavy atom. The molecule has 1 heterocycles. The van der Waals surface area contributed by atoms with Gasteiger partial charge in [0.15, 0.2) is 5.76 Å². The van der Waals surface area contributed by atoms with E-state index >= 15 is 0 Å². The summed E-state index contributed by atoms with van der Waals surface area (Å²) < 4.78 is 12.3. The Bertz CT molecular complexity index is 1200. The molecule has 2 amide bonds. The van der Waals surface area contributed by atoms with Crippen LogP contribution >= 0.6 is 15.9 Å². The zero-order valence-electron chi connectivity index (χ0n) is 18.4. The van der Waals surface area contributed by atoms with Crippen LogP contribution in [0.1, 0.15) is 57.6 Å². The Labute approximate surface area is 200 Å². The third-order valence-corrected chi connectivity index (χ3v) is 5.88. The standard InChI is InChI=1S/C25H24BrN3O4/c1-3-32-19-13-11-18(12-14-19)27-25(31)23-15(2)22-20(5-4-6-21(22)33-23)28-29-24(30)16-7-9-17(26)10-8-16/h7-14H,3-6H2,1-2H3,(H,27,31)(H,29,30)/b28-20+. The van der Waals surface area contributed by atoms with Crippen LogP contribution in [0.25, 0.3) is 0 Å². The molecule has 2 N–H and O–H groups in total. The van der Waals surface area contributed by atoms with Crippen molar-refractivity contribution in [3.63, 3.8) is 0 Å². The number of nitrogens with one attached hydrogen (secondary N) is 2. The maximum Gasteiger partial charge on any atom is 0.291 e. The van der Waals surface area contributed by atoms with Crippen LogP contribution in [-0.4, -0.2) is 24.1 Å². The van der Waals surface area contributed by atoms with Crippen molar-refractivity contribution < 1.29 is 18.7 Å². The fraction of sp³-hybridized carbons (Fsp3) is 0.240. The molecule has 4 rings (SSSR count). The van der Waals surface area contributed by atoms with E-state index in [4.69, 9.17) is 9.15 Å². The Balaban J connectivity index is 1.52. The number of nitrogens with zero attached hydrogens (tertiary/aromatic N) is 1. The van der Waals surface area contributed by atoms with Gasteiger partial charge in [0.1, 0.15) is 11.5 Å². The second kappa shape index (κ2) is 10.0. The van der Waals surface area contributed by atoms with Crippen LogP contribution in [0.2, 0.25) is 0 Å². The van der Waals surface area contributed by atoms with Crippen LogP contribution in [-0.2, 0) is 6.42 Å². The fourth-order valence-electron chi connectivity index (χ4n) is 3.77. The molecule has 0 spiro atoms. The van der Waals surface area contributed by atoms with Crippen molar-refractivity contribution in [2.75, 3.05) is 11.9 Å². The molecule has 1 aliphatic carbocycles. The number of benzene rings is 2. The summed E-state index contributed by atoms with van der Waals surface area (Å²) in [6.45, 7) is 4.34. The maximum atomic E-state index is 12.9. The summed E-state index contributed by atoms with van der Waals surface area (Å²) in [7, 11) is 0. The van der Waals surface area contributed by atoms with Gasteiger partial charge in [-0.15, -0.1) is 0 Å². The van der Waals surface area contributed by atoms with Gasteiger partial charge in [0.2, 0.25) is 0 Å². The second-order valence-corrected chi connectivity index (χ2v) is 8.54. The van der Waals surface area contributed by atoms with Crippen LogP contribution in [0.5, 0.6) is 5.75 Å². The molecule has 1 aromatic heterocycles. The molecule has 8 heteroatoms. The first kappa shape index (κ1) is 22.8. The molecule has 33 heavy (non-hydrogen) atoms. The van der Waals surface area contributed by atoms with Gasteiger partial charge in [-0.3, -0.25) is 9.59 Å². The van der Waals surface area contributed by atoms with E-state index in [1.165, 1.54) is 0 Å². The van der Waals surface area contributed by atoms with E-state index in [0.717, 1.165) is 22.2 Å². The van der Waals surface area contributed by atoms with Gasteiger partial charge in [-0.1, -0.05) is 15.9 Å². The van der Waals surface area contributed by atoms with E-state index in [1.54, 1.807) is 48.5 Å². The highest BCUT2D eigenvalue weighted by atomic mass is 79.9. The largest absolute Gasteiger partial charge is 0.494 e. The normalized spacial score (nSPS) is 14.0. The van der Waals surface area contributed by atoms with Crippen molar-refractivity contribution in [2.24, 2.45) is 5.10 Å². The lowest BCUT2D eigenvalue weighted by Crippen LogP contribution is -2.22. The van der Waals surface area contributed by atoms with Crippen molar-refractivity contribution in [3.05, 3.63) is 81.2 Å². The van der Waals surface area contributed by atoms with E-state index in [1.807, 2.05) is 13.8 Å². The van der Waals surface area contributed by atoms with Crippen molar-refractivity contribution in [1.29, 1.82) is 0 Å². The van der Waals surface area contributed by atoms with E-state index in [9.17, 15) is 9.59 Å². The molecule has 0 unspecified atom stereocenters. The van der Waals surface area contributed by atoms with Crippen LogP contribution in [0, 0.1) is 6.92 Å². The number of ether oxygens (including phenoxy) is 1. The number of carbonyl (C=O) groups excluding carboxylic acids is 2. The first-order valence-electron chi connectivity index (χ1n) is 10.8. The lowest BCUT2D eigenvalue weighted by Gasteiger charge is -2.13. The van der Waals surface area contributed by atoms with Crippen molar-refractivity contribution in [3.8, 4) is 5.75 Å². The summed E-state index contributed by atoms with van der Waals surface area (Å²) in [6, 6.07) is 14.2. The van der Waals surface area contributed by atoms with Crippen LogP contribution in [0.15, 0.2) is 62.5 Å². The number of carbonyl (C=O) groups is 2. The SMILES string of the molecule is CCOc1ccc(NC(=O)c2oc3c(c2C)/C(=N/NC(=O)c2ccc(Br)cc2)CCC3)cc1. The number of amides is 2. The number of fused-ring (bicyclic) bond motifs is 1. The highest BCUT2D eigenvalue weighted by Crippen LogP contribution is 2.30. The fourth-order valence-corrected chi connectivity index (χ4v) is 4.03. The quantitative estimate of drug-likeness (QED) is 0.430. The summed E-state index contributed by atoms with van der Waals surface area (Å²) in [6.07, 6.45) is 2.23. The molecular weight excluding hydrogens is 486 g/mol. The number of hydrazone groups is 1. The summed E-state index contributed by atoms with van der Waals surface area (Å²) in [5.41, 5.74) is 6.01. The van der Waals surface area contributed by atoms with Gasteiger partial charge in [0, 0.05) is 33.3 Å². The Kier molecular flexibility index (Phi) is 6.93. The molecule has 0 radical (unpaired) electrons. The Hall–Kier alpha value is -3.39. The zero-order valence-corrected chi connectivity index (χ0v) is 20.0. The van der Waals surface area contributed by atoms with E-state index in [-0.39, 0.29) is 17.6 Å². The zero-order chi connectivity index (χ0) is 23.4. The van der Waals surface area contributed by atoms with Gasteiger partial charge in [-0.05, 0) is 75.2 Å². The predicted molar refractivity (Wildman–Crippen MR) is 130 cm³/mol. The molecule has 7 nitrogen and oxygen atoms in total. The van der Waals surface area contributed by atoms with E-state index in [2.05, 4.69) is 31.8 Å². The third kappa shape index (κ3) is 5.17. The molecule has 0 saturated heterocycles. The highest BCUT2D eigenvalue weighted by molar-refractivity contribution is 9.10. The minimum Gasteiger partial charge on any atom is -0.494 e. The lowest BCUT2D eigenvalue weighted by molar-refractivity contribution is 0.0953. The van der Waals surface area contributed by atoms with Gasteiger partial charge in [-0.2, -0.15) is 5.10 Å². The molecule has 0 bridgehead atoms. The summed E-state index contributed by atoms with van der Waals surface area (Å²) >= 11 is 3.36. The average molecular weight is 510 g/mol. The Morgan fingerprint density at radius 3 is 2.48 bits per heavy atom. The third-order valence-electron chi connectivity index (χ3n) is 5.35. The summed E-state index contributed by atoms with van der Waals surface area (Å²) in [4.78, 5) is 25.3. The lowest BCUT2D eigenvalue weighted by atomic mass is 9.93. The topological polar surface area (TPSA) is 92.9 Å². The van der Waals surface area contributed by atoms with Crippen LogP contribution in [0.3, 0.4) is 0 Å². The summed E-state index contributed by atoms with van der Waals surface area (Å²) in [5, 5.41) is 7.23. The smallest absolute Gasteiger partial charge is 0.291 e. The number of hydrogen-bond donors (Lipinski definition) is 2. The van der Waals surface area contributed by atoms with Crippen molar-refractivity contribution in [1.82, 2.24) is 5.43 Å². The minimum atomic E-state index is -0.329. The Morgan fingerprint density at radius 1 is 1.06 bits per heavy atom. The first-order chi connectivity index (χ1) is 16.0. The molecule has 2 aromatic carbocycles. The number of halogens is 1. The first-order valence-corrected chi connectivity index (χ1v) is 11.5. The van der Waals surface area contributed by atoms with Gasteiger partial charge in [-0.25, -0.2) is 5.43 Å². The highest BCUT2D eigenvalue weighted by Gasteiger charge is 2.28. The van der Waals surface area contributed by atoms with Gasteiger partial charge >= 0.3 is 0 Å². The van der Waals surface area contributed by atoms with Gasteiger partial charge < -0.3 is 14.5 Å². The monoisotopic (exact) mass is 509 g/mol. The molecule has 0 saturated carbocycles. The van der Waals surface area contributed by atoms with Crippen molar-refractivity contribution >= 4 is 39.1 Å². The maximum absolute atomic E-state index is 12.9. The molecule has 0 atom stereocenters. The molecule has 0 fully saturated rings. The molecule has 3 aromatic rings. The van der Waals surface area contributed by atoms with Crippen LogP contribution < -0.4 is 15.5 Å². The minimum absolute atomic E-state index is 0.253. The average Bonchev–Trinajstić information content (AvgIpc) is 3.16. The number of hydrogen-bond acceptors (Lipinski definition) is 5. The number of rotatable bonds is 6. The van der Waals surface area contributed by atoms with Crippen LogP contribution in [0.4, 0.5) is 5.69 Å². The molecular formula is C25H24BrN3O4. The van der Waals surface area contributed by atoms with Gasteiger partial charge in [0.25, 0.3) is 11.8 Å². The summed E-state index contributed by atoms with van der Waals surface area (Å²) in [5.74, 6) is 1.09. The number of aryl methyl sites for hydroxylation is 1. The number of furan rings is 1. The predicted octanol–water partition coefficient (Wildman–Crippen LogP) is 5.47. The molecule has 170 valence electrons.